The molecule has 92 valence electrons. The fourth-order valence-corrected chi connectivity index (χ4v) is 2.77. The Hall–Kier alpha value is -1.35. The van der Waals surface area contributed by atoms with E-state index in [1.807, 2.05) is 30.3 Å². The van der Waals surface area contributed by atoms with Gasteiger partial charge in [0.15, 0.2) is 0 Å². The number of aliphatic hydroxyl groups excluding tert-OH is 1. The number of aliphatic hydroxyl groups is 1. The molecule has 1 aliphatic heterocycles. The van der Waals surface area contributed by atoms with Gasteiger partial charge in [0.25, 0.3) is 0 Å². The molecule has 0 spiro atoms. The fourth-order valence-electron chi connectivity index (χ4n) is 2.77. The summed E-state index contributed by atoms with van der Waals surface area (Å²) < 4.78 is 0. The van der Waals surface area contributed by atoms with Gasteiger partial charge in [0, 0.05) is 11.8 Å². The van der Waals surface area contributed by atoms with E-state index in [9.17, 15) is 9.90 Å². The number of benzene rings is 1. The lowest BCUT2D eigenvalue weighted by atomic mass is 9.78. The molecule has 0 aliphatic carbocycles. The predicted octanol–water partition coefficient (Wildman–Crippen LogP) is 1.53. The van der Waals surface area contributed by atoms with Crippen LogP contribution in [-0.2, 0) is 4.79 Å². The molecule has 1 fully saturated rings. The molecule has 0 bridgehead atoms. The van der Waals surface area contributed by atoms with Gasteiger partial charge in [-0.1, -0.05) is 44.2 Å². The summed E-state index contributed by atoms with van der Waals surface area (Å²) >= 11 is 0. The van der Waals surface area contributed by atoms with Gasteiger partial charge >= 0.3 is 0 Å². The van der Waals surface area contributed by atoms with Crippen LogP contribution >= 0.6 is 0 Å². The lowest BCUT2D eigenvalue weighted by Gasteiger charge is -2.24. The number of rotatable bonds is 3. The molecule has 3 atom stereocenters. The van der Waals surface area contributed by atoms with Crippen molar-refractivity contribution in [2.24, 2.45) is 11.8 Å². The average molecular weight is 233 g/mol. The molecule has 0 radical (unpaired) electrons. The van der Waals surface area contributed by atoms with Crippen molar-refractivity contribution in [3.8, 4) is 0 Å². The second kappa shape index (κ2) is 4.88. The van der Waals surface area contributed by atoms with Crippen LogP contribution in [0.2, 0.25) is 0 Å². The molecule has 3 heteroatoms. The van der Waals surface area contributed by atoms with Gasteiger partial charge in [0.1, 0.15) is 0 Å². The zero-order valence-electron chi connectivity index (χ0n) is 10.3. The first-order chi connectivity index (χ1) is 8.15. The molecule has 3 nitrogen and oxygen atoms in total. The van der Waals surface area contributed by atoms with Crippen molar-refractivity contribution < 1.29 is 9.90 Å². The molecule has 1 amide bonds. The van der Waals surface area contributed by atoms with Gasteiger partial charge in [-0.2, -0.15) is 0 Å². The van der Waals surface area contributed by atoms with Crippen molar-refractivity contribution in [1.29, 1.82) is 0 Å². The van der Waals surface area contributed by atoms with Crippen LogP contribution in [0.5, 0.6) is 0 Å². The molecular weight excluding hydrogens is 214 g/mol. The Morgan fingerprint density at radius 1 is 1.29 bits per heavy atom. The molecule has 0 aromatic heterocycles. The Kier molecular flexibility index (Phi) is 3.48. The number of nitrogens with one attached hydrogen (secondary N) is 1. The van der Waals surface area contributed by atoms with Crippen LogP contribution in [0, 0.1) is 11.8 Å². The van der Waals surface area contributed by atoms with Crippen molar-refractivity contribution in [2.75, 3.05) is 6.61 Å². The molecule has 17 heavy (non-hydrogen) atoms. The minimum Gasteiger partial charge on any atom is -0.394 e. The molecule has 1 aliphatic rings. The van der Waals surface area contributed by atoms with Crippen molar-refractivity contribution in [2.45, 2.75) is 25.8 Å². The van der Waals surface area contributed by atoms with Gasteiger partial charge in [-0.25, -0.2) is 0 Å². The SMILES string of the molecule is CC(C)[C@H]1C(=O)N[C@H](CO)[C@H]1c1ccccc1. The molecular formula is C14H19NO2. The topological polar surface area (TPSA) is 49.3 Å². The summed E-state index contributed by atoms with van der Waals surface area (Å²) in [7, 11) is 0. The van der Waals surface area contributed by atoms with Crippen LogP contribution in [0.25, 0.3) is 0 Å². The maximum Gasteiger partial charge on any atom is 0.224 e. The molecule has 2 N–H and O–H groups in total. The van der Waals surface area contributed by atoms with Crippen LogP contribution < -0.4 is 5.32 Å². The highest BCUT2D eigenvalue weighted by Crippen LogP contribution is 2.37. The fraction of sp³-hybridized carbons (Fsp3) is 0.500. The number of carbonyl (C=O) groups excluding carboxylic acids is 1. The second-order valence-electron chi connectivity index (χ2n) is 5.00. The molecule has 1 aromatic carbocycles. The molecule has 1 aromatic rings. The molecule has 0 saturated carbocycles. The van der Waals surface area contributed by atoms with Gasteiger partial charge < -0.3 is 10.4 Å². The zero-order chi connectivity index (χ0) is 12.4. The highest BCUT2D eigenvalue weighted by molar-refractivity contribution is 5.83. The first-order valence-corrected chi connectivity index (χ1v) is 6.11. The first-order valence-electron chi connectivity index (χ1n) is 6.11. The van der Waals surface area contributed by atoms with E-state index in [-0.39, 0.29) is 36.3 Å². The van der Waals surface area contributed by atoms with E-state index in [2.05, 4.69) is 19.2 Å². The van der Waals surface area contributed by atoms with E-state index in [1.165, 1.54) is 0 Å². The molecule has 0 unspecified atom stereocenters. The number of hydrogen-bond acceptors (Lipinski definition) is 2. The summed E-state index contributed by atoms with van der Waals surface area (Å²) in [5.41, 5.74) is 1.13. The van der Waals surface area contributed by atoms with Crippen LogP contribution in [0.1, 0.15) is 25.3 Å². The summed E-state index contributed by atoms with van der Waals surface area (Å²) in [6.45, 7) is 4.11. The van der Waals surface area contributed by atoms with Crippen molar-refractivity contribution in [3.63, 3.8) is 0 Å². The van der Waals surface area contributed by atoms with Crippen molar-refractivity contribution in [1.82, 2.24) is 5.32 Å². The zero-order valence-corrected chi connectivity index (χ0v) is 10.3. The highest BCUT2D eigenvalue weighted by Gasteiger charge is 2.43. The molecule has 1 saturated heterocycles. The van der Waals surface area contributed by atoms with Gasteiger partial charge in [-0.3, -0.25) is 4.79 Å². The highest BCUT2D eigenvalue weighted by atomic mass is 16.3. The minimum atomic E-state index is -0.155. The Bertz CT molecular complexity index is 388. The number of amides is 1. The van der Waals surface area contributed by atoms with E-state index in [0.717, 1.165) is 5.56 Å². The summed E-state index contributed by atoms with van der Waals surface area (Å²) in [6.07, 6.45) is 0. The lowest BCUT2D eigenvalue weighted by Crippen LogP contribution is -2.31. The predicted molar refractivity (Wildman–Crippen MR) is 66.5 cm³/mol. The van der Waals surface area contributed by atoms with Crippen molar-refractivity contribution in [3.05, 3.63) is 35.9 Å². The minimum absolute atomic E-state index is 0.00544. The van der Waals surface area contributed by atoms with Gasteiger partial charge in [-0.15, -0.1) is 0 Å². The van der Waals surface area contributed by atoms with Crippen LogP contribution in [-0.4, -0.2) is 23.7 Å². The largest absolute Gasteiger partial charge is 0.394 e. The Morgan fingerprint density at radius 3 is 2.47 bits per heavy atom. The third kappa shape index (κ3) is 2.20. The molecule has 2 rings (SSSR count). The lowest BCUT2D eigenvalue weighted by molar-refractivity contribution is -0.123. The van der Waals surface area contributed by atoms with Gasteiger partial charge in [-0.05, 0) is 11.5 Å². The first kappa shape index (κ1) is 12.1. The average Bonchev–Trinajstić information content (AvgIpc) is 2.67. The van der Waals surface area contributed by atoms with Crippen LogP contribution in [0.15, 0.2) is 30.3 Å². The maximum atomic E-state index is 11.9. The third-order valence-corrected chi connectivity index (χ3v) is 3.55. The van der Waals surface area contributed by atoms with Gasteiger partial charge in [0.05, 0.1) is 12.6 Å². The number of hydrogen-bond donors (Lipinski definition) is 2. The van der Waals surface area contributed by atoms with Gasteiger partial charge in [0.2, 0.25) is 5.91 Å². The van der Waals surface area contributed by atoms with E-state index in [0.29, 0.717) is 0 Å². The van der Waals surface area contributed by atoms with Crippen molar-refractivity contribution >= 4 is 5.91 Å². The summed E-state index contributed by atoms with van der Waals surface area (Å²) in [4.78, 5) is 11.9. The van der Waals surface area contributed by atoms with Crippen LogP contribution in [0.4, 0.5) is 0 Å². The monoisotopic (exact) mass is 233 g/mol. The summed E-state index contributed by atoms with van der Waals surface area (Å²) in [5, 5.41) is 12.3. The second-order valence-corrected chi connectivity index (χ2v) is 5.00. The summed E-state index contributed by atoms with van der Waals surface area (Å²) in [6, 6.07) is 9.82. The smallest absolute Gasteiger partial charge is 0.224 e. The third-order valence-electron chi connectivity index (χ3n) is 3.55. The van der Waals surface area contributed by atoms with E-state index in [1.54, 1.807) is 0 Å². The Morgan fingerprint density at radius 2 is 1.94 bits per heavy atom. The summed E-state index contributed by atoms with van der Waals surface area (Å²) in [5.74, 6) is 0.368. The maximum absolute atomic E-state index is 11.9. The standard InChI is InChI=1S/C14H19NO2/c1-9(2)12-13(10-6-4-3-5-7-10)11(8-16)15-14(12)17/h3-7,9,11-13,16H,8H2,1-2H3,(H,15,17)/t11-,12-,13-/m1/s1. The van der Waals surface area contributed by atoms with E-state index in [4.69, 9.17) is 0 Å². The normalized spacial score (nSPS) is 28.5. The van der Waals surface area contributed by atoms with Crippen LogP contribution in [0.3, 0.4) is 0 Å². The molecule has 1 heterocycles. The quantitative estimate of drug-likeness (QED) is 0.832. The van der Waals surface area contributed by atoms with E-state index >= 15 is 0 Å². The van der Waals surface area contributed by atoms with E-state index < -0.39 is 0 Å². The number of carbonyl (C=O) groups is 1. The Labute approximate surface area is 102 Å². The Balaban J connectivity index is 2.36.